The second kappa shape index (κ2) is 7.24. The number of fused-ring (bicyclic) bond motifs is 1. The Hall–Kier alpha value is -2.53. The maximum atomic E-state index is 13.0. The summed E-state index contributed by atoms with van der Waals surface area (Å²) in [5.41, 5.74) is 10.0. The zero-order valence-electron chi connectivity index (χ0n) is 16.5. The lowest BCUT2D eigenvalue weighted by molar-refractivity contribution is 0.0520. The van der Waals surface area contributed by atoms with E-state index in [2.05, 4.69) is 4.98 Å². The van der Waals surface area contributed by atoms with Crippen molar-refractivity contribution < 1.29 is 9.59 Å². The number of hydrogen-bond donors (Lipinski definition) is 1. The van der Waals surface area contributed by atoms with Crippen LogP contribution in [-0.4, -0.2) is 33.3 Å². The molecule has 5 heteroatoms. The summed E-state index contributed by atoms with van der Waals surface area (Å²) in [6.45, 7) is 7.64. The van der Waals surface area contributed by atoms with Gasteiger partial charge in [0.2, 0.25) is 0 Å². The molecule has 27 heavy (non-hydrogen) atoms. The van der Waals surface area contributed by atoms with Gasteiger partial charge in [-0.05, 0) is 81.8 Å². The number of carbonyl (C=O) groups is 2. The van der Waals surface area contributed by atoms with Gasteiger partial charge in [-0.15, -0.1) is 0 Å². The Kier molecular flexibility index (Phi) is 5.16. The number of pyridine rings is 1. The van der Waals surface area contributed by atoms with Gasteiger partial charge in [0.25, 0.3) is 11.8 Å². The number of benzene rings is 1. The SMILES string of the molecule is Cc1ccc2c(c1C)C(=O)N(C(C)C(C)(N)CCCc1ccncc1)C2=O. The van der Waals surface area contributed by atoms with Crippen molar-refractivity contribution in [1.29, 1.82) is 0 Å². The summed E-state index contributed by atoms with van der Waals surface area (Å²) in [5, 5.41) is 0. The van der Waals surface area contributed by atoms with Crippen LogP contribution in [0, 0.1) is 13.8 Å². The van der Waals surface area contributed by atoms with Crippen molar-refractivity contribution in [2.45, 2.75) is 58.5 Å². The van der Waals surface area contributed by atoms with Gasteiger partial charge in [-0.25, -0.2) is 0 Å². The van der Waals surface area contributed by atoms with Crippen molar-refractivity contribution in [3.8, 4) is 0 Å². The van der Waals surface area contributed by atoms with E-state index in [0.717, 1.165) is 24.0 Å². The first-order chi connectivity index (χ1) is 12.7. The topological polar surface area (TPSA) is 76.3 Å². The number of hydrogen-bond acceptors (Lipinski definition) is 4. The third-order valence-corrected chi connectivity index (χ3v) is 5.89. The average molecular weight is 365 g/mol. The fourth-order valence-corrected chi connectivity index (χ4v) is 3.69. The highest BCUT2D eigenvalue weighted by Gasteiger charge is 2.44. The van der Waals surface area contributed by atoms with Gasteiger partial charge >= 0.3 is 0 Å². The van der Waals surface area contributed by atoms with Crippen LogP contribution in [0.2, 0.25) is 0 Å². The minimum absolute atomic E-state index is 0.227. The number of rotatable bonds is 6. The molecule has 0 fully saturated rings. The van der Waals surface area contributed by atoms with Crippen molar-refractivity contribution in [2.75, 3.05) is 0 Å². The Morgan fingerprint density at radius 1 is 1.11 bits per heavy atom. The van der Waals surface area contributed by atoms with Crippen LogP contribution in [0.5, 0.6) is 0 Å². The van der Waals surface area contributed by atoms with Crippen LogP contribution in [0.1, 0.15) is 64.1 Å². The highest BCUT2D eigenvalue weighted by Crippen LogP contribution is 2.32. The smallest absolute Gasteiger partial charge is 0.262 e. The molecular formula is C22H27N3O2. The number of aryl methyl sites for hydroxylation is 2. The predicted octanol–water partition coefficient (Wildman–Crippen LogP) is 3.42. The summed E-state index contributed by atoms with van der Waals surface area (Å²) in [6, 6.07) is 7.24. The molecule has 0 aliphatic carbocycles. The number of amides is 2. The van der Waals surface area contributed by atoms with E-state index in [9.17, 15) is 9.59 Å². The Balaban J connectivity index is 1.74. The van der Waals surface area contributed by atoms with Crippen LogP contribution in [-0.2, 0) is 6.42 Å². The highest BCUT2D eigenvalue weighted by molar-refractivity contribution is 6.22. The normalized spacial score (nSPS) is 17.0. The zero-order valence-corrected chi connectivity index (χ0v) is 16.5. The van der Waals surface area contributed by atoms with Crippen molar-refractivity contribution in [3.05, 3.63) is 64.5 Å². The molecule has 2 amide bonds. The first-order valence-corrected chi connectivity index (χ1v) is 9.40. The number of aromatic nitrogens is 1. The number of nitrogens with two attached hydrogens (primary N) is 1. The maximum absolute atomic E-state index is 13.0. The van der Waals surface area contributed by atoms with E-state index >= 15 is 0 Å². The molecular weight excluding hydrogens is 338 g/mol. The van der Waals surface area contributed by atoms with Crippen molar-refractivity contribution in [1.82, 2.24) is 9.88 Å². The molecule has 1 aliphatic heterocycles. The maximum Gasteiger partial charge on any atom is 0.262 e. The molecule has 0 saturated carbocycles. The largest absolute Gasteiger partial charge is 0.324 e. The minimum atomic E-state index is -0.663. The summed E-state index contributed by atoms with van der Waals surface area (Å²) in [5.74, 6) is -0.467. The summed E-state index contributed by atoms with van der Waals surface area (Å²) < 4.78 is 0. The summed E-state index contributed by atoms with van der Waals surface area (Å²) in [4.78, 5) is 31.3. The van der Waals surface area contributed by atoms with Gasteiger partial charge in [0, 0.05) is 17.9 Å². The third-order valence-electron chi connectivity index (χ3n) is 5.89. The van der Waals surface area contributed by atoms with Gasteiger partial charge in [-0.2, -0.15) is 0 Å². The van der Waals surface area contributed by atoms with Crippen LogP contribution in [0.15, 0.2) is 36.7 Å². The Morgan fingerprint density at radius 3 is 2.44 bits per heavy atom. The van der Waals surface area contributed by atoms with E-state index in [4.69, 9.17) is 5.73 Å². The molecule has 0 radical (unpaired) electrons. The monoisotopic (exact) mass is 365 g/mol. The Labute approximate surface area is 160 Å². The number of nitrogens with zero attached hydrogens (tertiary/aromatic N) is 2. The third kappa shape index (κ3) is 3.52. The second-order valence-electron chi connectivity index (χ2n) is 7.80. The van der Waals surface area contributed by atoms with E-state index in [1.165, 1.54) is 10.5 Å². The molecule has 1 aliphatic rings. The van der Waals surface area contributed by atoms with Crippen molar-refractivity contribution >= 4 is 11.8 Å². The molecule has 3 rings (SSSR count). The van der Waals surface area contributed by atoms with Crippen LogP contribution >= 0.6 is 0 Å². The quantitative estimate of drug-likeness (QED) is 0.796. The molecule has 2 N–H and O–H groups in total. The molecule has 142 valence electrons. The molecule has 1 aromatic carbocycles. The first kappa shape index (κ1) is 19.2. The second-order valence-corrected chi connectivity index (χ2v) is 7.80. The van der Waals surface area contributed by atoms with Gasteiger partial charge in [0.05, 0.1) is 17.2 Å². The van der Waals surface area contributed by atoms with E-state index in [-0.39, 0.29) is 17.9 Å². The fourth-order valence-electron chi connectivity index (χ4n) is 3.69. The molecule has 2 atom stereocenters. The summed E-state index contributed by atoms with van der Waals surface area (Å²) in [6.07, 6.45) is 6.04. The first-order valence-electron chi connectivity index (χ1n) is 9.40. The van der Waals surface area contributed by atoms with Gasteiger partial charge in [0.1, 0.15) is 0 Å². The minimum Gasteiger partial charge on any atom is -0.324 e. The molecule has 5 nitrogen and oxygen atoms in total. The van der Waals surface area contributed by atoms with Crippen LogP contribution in [0.3, 0.4) is 0 Å². The lowest BCUT2D eigenvalue weighted by Gasteiger charge is -2.37. The average Bonchev–Trinajstić information content (AvgIpc) is 2.89. The molecule has 2 heterocycles. The summed E-state index contributed by atoms with van der Waals surface area (Å²) >= 11 is 0. The fraction of sp³-hybridized carbons (Fsp3) is 0.409. The zero-order chi connectivity index (χ0) is 19.8. The van der Waals surface area contributed by atoms with E-state index < -0.39 is 5.54 Å². The number of imide groups is 1. The van der Waals surface area contributed by atoms with Crippen LogP contribution in [0.25, 0.3) is 0 Å². The Morgan fingerprint density at radius 2 is 1.78 bits per heavy atom. The highest BCUT2D eigenvalue weighted by atomic mass is 16.2. The van der Waals surface area contributed by atoms with Crippen LogP contribution < -0.4 is 5.73 Å². The molecule has 2 unspecified atom stereocenters. The van der Waals surface area contributed by atoms with Gasteiger partial charge in [0.15, 0.2) is 0 Å². The van der Waals surface area contributed by atoms with E-state index in [1.54, 1.807) is 18.5 Å². The Bertz CT molecular complexity index is 875. The van der Waals surface area contributed by atoms with E-state index in [1.807, 2.05) is 45.9 Å². The van der Waals surface area contributed by atoms with Crippen LogP contribution in [0.4, 0.5) is 0 Å². The molecule has 0 spiro atoms. The van der Waals surface area contributed by atoms with E-state index in [0.29, 0.717) is 17.5 Å². The molecule has 2 aromatic rings. The van der Waals surface area contributed by atoms with Gasteiger partial charge in [-0.3, -0.25) is 19.5 Å². The molecule has 0 bridgehead atoms. The molecule has 1 aromatic heterocycles. The molecule has 0 saturated heterocycles. The summed E-state index contributed by atoms with van der Waals surface area (Å²) in [7, 11) is 0. The van der Waals surface area contributed by atoms with Gasteiger partial charge < -0.3 is 5.73 Å². The number of carbonyl (C=O) groups excluding carboxylic acids is 2. The van der Waals surface area contributed by atoms with Crippen molar-refractivity contribution in [2.24, 2.45) is 5.73 Å². The standard InChI is InChI=1S/C22H27N3O2/c1-14-7-8-18-19(15(14)2)21(27)25(20(18)26)16(3)22(4,23)11-5-6-17-9-12-24-13-10-17/h7-10,12-13,16H,5-6,11,23H2,1-4H3. The van der Waals surface area contributed by atoms with Gasteiger partial charge in [-0.1, -0.05) is 6.07 Å². The predicted molar refractivity (Wildman–Crippen MR) is 106 cm³/mol. The lowest BCUT2D eigenvalue weighted by atomic mass is 9.87. The van der Waals surface area contributed by atoms with Crippen molar-refractivity contribution in [3.63, 3.8) is 0 Å². The lowest BCUT2D eigenvalue weighted by Crippen LogP contribution is -2.56.